The molecule has 17 heavy (non-hydrogen) atoms. The first kappa shape index (κ1) is 14.2. The van der Waals surface area contributed by atoms with E-state index < -0.39 is 0 Å². The zero-order chi connectivity index (χ0) is 12.5. The lowest BCUT2D eigenvalue weighted by Gasteiger charge is -2.32. The average Bonchev–Trinajstić information content (AvgIpc) is 2.37. The zero-order valence-corrected chi connectivity index (χ0v) is 11.5. The number of hydrogen-bond acceptors (Lipinski definition) is 1. The van der Waals surface area contributed by atoms with E-state index in [1.807, 2.05) is 12.2 Å². The van der Waals surface area contributed by atoms with Crippen LogP contribution in [0, 0.1) is 5.92 Å². The average molecular weight is 233 g/mol. The minimum Gasteiger partial charge on any atom is -0.299 e. The Morgan fingerprint density at radius 1 is 1.35 bits per heavy atom. The summed E-state index contributed by atoms with van der Waals surface area (Å²) in [7, 11) is 0. The molecule has 0 radical (unpaired) electrons. The third-order valence-corrected chi connectivity index (χ3v) is 3.63. The number of likely N-dealkylation sites (tertiary alicyclic amines) is 1. The minimum absolute atomic E-state index is 0.981. The van der Waals surface area contributed by atoms with E-state index in [1.54, 1.807) is 0 Å². The van der Waals surface area contributed by atoms with Crippen molar-refractivity contribution < 1.29 is 0 Å². The van der Waals surface area contributed by atoms with E-state index in [1.165, 1.54) is 44.3 Å². The molecule has 0 saturated carbocycles. The van der Waals surface area contributed by atoms with E-state index in [-0.39, 0.29) is 0 Å². The van der Waals surface area contributed by atoms with Gasteiger partial charge in [-0.15, -0.1) is 0 Å². The van der Waals surface area contributed by atoms with Crippen molar-refractivity contribution in [2.75, 3.05) is 19.6 Å². The van der Waals surface area contributed by atoms with Crippen LogP contribution in [0.25, 0.3) is 0 Å². The zero-order valence-electron chi connectivity index (χ0n) is 11.5. The smallest absolute Gasteiger partial charge is 0.0230 e. The van der Waals surface area contributed by atoms with Crippen molar-refractivity contribution in [3.63, 3.8) is 0 Å². The Balaban J connectivity index is 2.34. The van der Waals surface area contributed by atoms with Crippen molar-refractivity contribution in [2.45, 2.75) is 39.5 Å². The van der Waals surface area contributed by atoms with Gasteiger partial charge >= 0.3 is 0 Å². The van der Waals surface area contributed by atoms with Crippen LogP contribution in [0.5, 0.6) is 0 Å². The van der Waals surface area contributed by atoms with Gasteiger partial charge in [0, 0.05) is 6.54 Å². The third kappa shape index (κ3) is 5.36. The Hall–Kier alpha value is -0.820. The van der Waals surface area contributed by atoms with Crippen LogP contribution < -0.4 is 0 Å². The molecule has 1 rings (SSSR count). The molecule has 0 spiro atoms. The molecular weight excluding hydrogens is 206 g/mol. The van der Waals surface area contributed by atoms with Crippen LogP contribution in [-0.4, -0.2) is 24.5 Å². The fraction of sp³-hybridized carbons (Fsp3) is 0.625. The number of nitrogens with zero attached hydrogens (tertiary/aromatic N) is 1. The third-order valence-electron chi connectivity index (χ3n) is 3.63. The number of rotatable bonds is 6. The highest BCUT2D eigenvalue weighted by Gasteiger charge is 2.18. The van der Waals surface area contributed by atoms with Gasteiger partial charge in [0.25, 0.3) is 0 Å². The largest absolute Gasteiger partial charge is 0.299 e. The van der Waals surface area contributed by atoms with Crippen LogP contribution in [0.1, 0.15) is 39.5 Å². The van der Waals surface area contributed by atoms with Gasteiger partial charge in [-0.3, -0.25) is 4.90 Å². The molecule has 0 unspecified atom stereocenters. The molecule has 0 amide bonds. The number of piperidine rings is 1. The first-order valence-electron chi connectivity index (χ1n) is 6.96. The molecule has 0 aliphatic carbocycles. The molecule has 1 aliphatic heterocycles. The van der Waals surface area contributed by atoms with E-state index in [4.69, 9.17) is 0 Å². The highest BCUT2D eigenvalue weighted by Crippen LogP contribution is 2.22. The molecule has 0 bridgehead atoms. The molecule has 0 aromatic carbocycles. The van der Waals surface area contributed by atoms with Gasteiger partial charge in [-0.1, -0.05) is 50.6 Å². The topological polar surface area (TPSA) is 3.24 Å². The van der Waals surface area contributed by atoms with Crippen LogP contribution >= 0.6 is 0 Å². The van der Waals surface area contributed by atoms with Gasteiger partial charge in [0.2, 0.25) is 0 Å². The number of hydrogen-bond donors (Lipinski definition) is 0. The van der Waals surface area contributed by atoms with Crippen molar-refractivity contribution in [1.29, 1.82) is 0 Å². The van der Waals surface area contributed by atoms with Crippen molar-refractivity contribution in [1.82, 2.24) is 4.90 Å². The lowest BCUT2D eigenvalue weighted by molar-refractivity contribution is 0.192. The summed E-state index contributed by atoms with van der Waals surface area (Å²) in [5.41, 5.74) is 1.40. The van der Waals surface area contributed by atoms with E-state index >= 15 is 0 Å². The summed E-state index contributed by atoms with van der Waals surface area (Å²) in [4.78, 5) is 2.58. The fourth-order valence-electron chi connectivity index (χ4n) is 2.53. The van der Waals surface area contributed by atoms with Gasteiger partial charge in [-0.25, -0.2) is 0 Å². The van der Waals surface area contributed by atoms with Crippen LogP contribution in [-0.2, 0) is 0 Å². The molecule has 1 fully saturated rings. The van der Waals surface area contributed by atoms with E-state index in [0.717, 1.165) is 12.5 Å². The van der Waals surface area contributed by atoms with Crippen molar-refractivity contribution in [3.05, 3.63) is 36.5 Å². The van der Waals surface area contributed by atoms with Crippen LogP contribution in [0.2, 0.25) is 0 Å². The maximum absolute atomic E-state index is 3.72. The Bertz CT molecular complexity index is 267. The maximum atomic E-state index is 3.72. The highest BCUT2D eigenvalue weighted by molar-refractivity contribution is 5.22. The quantitative estimate of drug-likeness (QED) is 0.622. The van der Waals surface area contributed by atoms with Gasteiger partial charge in [-0.05, 0) is 44.3 Å². The molecule has 96 valence electrons. The summed E-state index contributed by atoms with van der Waals surface area (Å²) < 4.78 is 0. The molecule has 0 aromatic heterocycles. The Morgan fingerprint density at radius 2 is 2.06 bits per heavy atom. The SMILES string of the molecule is C=C/C=C\C(=C/C)CN1CCC(CCC)CC1. The summed E-state index contributed by atoms with van der Waals surface area (Å²) in [6, 6.07) is 0. The standard InChI is InChI=1S/C16H27N/c1-4-7-9-15(6-3)14-17-12-10-16(8-5-2)11-13-17/h4,6-7,9,16H,1,5,8,10-14H2,2-3H3/b9-7-,15-6+. The van der Waals surface area contributed by atoms with Gasteiger partial charge in [0.1, 0.15) is 0 Å². The molecule has 1 heteroatoms. The summed E-state index contributed by atoms with van der Waals surface area (Å²) >= 11 is 0. The molecule has 1 aliphatic rings. The summed E-state index contributed by atoms with van der Waals surface area (Å²) in [5, 5.41) is 0. The molecule has 1 nitrogen and oxygen atoms in total. The normalized spacial score (nSPS) is 20.0. The molecule has 1 heterocycles. The number of allylic oxidation sites excluding steroid dienone is 3. The van der Waals surface area contributed by atoms with E-state index in [0.29, 0.717) is 0 Å². The summed E-state index contributed by atoms with van der Waals surface area (Å²) in [6.45, 7) is 11.8. The predicted octanol–water partition coefficient (Wildman–Crippen LogP) is 4.19. The minimum atomic E-state index is 0.981. The first-order chi connectivity index (χ1) is 8.30. The second-order valence-electron chi connectivity index (χ2n) is 4.97. The second kappa shape index (κ2) is 8.30. The fourth-order valence-corrected chi connectivity index (χ4v) is 2.53. The van der Waals surface area contributed by atoms with Gasteiger partial charge in [0.15, 0.2) is 0 Å². The molecule has 0 N–H and O–H groups in total. The molecule has 0 aromatic rings. The van der Waals surface area contributed by atoms with Gasteiger partial charge in [-0.2, -0.15) is 0 Å². The predicted molar refractivity (Wildman–Crippen MR) is 77.2 cm³/mol. The summed E-state index contributed by atoms with van der Waals surface area (Å²) in [6.07, 6.45) is 13.8. The Labute approximate surface area is 107 Å². The molecule has 0 atom stereocenters. The highest BCUT2D eigenvalue weighted by atomic mass is 15.1. The van der Waals surface area contributed by atoms with Crippen LogP contribution in [0.15, 0.2) is 36.5 Å². The van der Waals surface area contributed by atoms with Gasteiger partial charge < -0.3 is 0 Å². The van der Waals surface area contributed by atoms with Crippen molar-refractivity contribution in [3.8, 4) is 0 Å². The van der Waals surface area contributed by atoms with Crippen molar-refractivity contribution in [2.24, 2.45) is 5.92 Å². The Morgan fingerprint density at radius 3 is 2.59 bits per heavy atom. The van der Waals surface area contributed by atoms with Crippen molar-refractivity contribution >= 4 is 0 Å². The van der Waals surface area contributed by atoms with Crippen LogP contribution in [0.4, 0.5) is 0 Å². The first-order valence-corrected chi connectivity index (χ1v) is 6.96. The molecular formula is C16H27N. The van der Waals surface area contributed by atoms with Crippen LogP contribution in [0.3, 0.4) is 0 Å². The Kier molecular flexibility index (Phi) is 6.95. The monoisotopic (exact) mass is 233 g/mol. The van der Waals surface area contributed by atoms with E-state index in [9.17, 15) is 0 Å². The molecule has 1 saturated heterocycles. The summed E-state index contributed by atoms with van der Waals surface area (Å²) in [5.74, 6) is 0.981. The second-order valence-corrected chi connectivity index (χ2v) is 4.97. The van der Waals surface area contributed by atoms with E-state index in [2.05, 4.69) is 37.5 Å². The lowest BCUT2D eigenvalue weighted by Crippen LogP contribution is -2.34. The maximum Gasteiger partial charge on any atom is 0.0230 e. The van der Waals surface area contributed by atoms with Gasteiger partial charge in [0.05, 0.1) is 0 Å². The lowest BCUT2D eigenvalue weighted by atomic mass is 9.92.